The minimum Gasteiger partial charge on any atom is -0.494 e. The molecule has 4 heterocycles. The fourth-order valence-corrected chi connectivity index (χ4v) is 7.33. The fraction of sp³-hybridized carbons (Fsp3) is 0.316. The highest BCUT2D eigenvalue weighted by atomic mass is 32.1. The zero-order chi connectivity index (χ0) is 41.0. The smallest absolute Gasteiger partial charge is 0.297 e. The lowest BCUT2D eigenvalue weighted by atomic mass is 10.1. The molecule has 0 aliphatic carbocycles. The van der Waals surface area contributed by atoms with Crippen LogP contribution in [0, 0.1) is 13.8 Å². The van der Waals surface area contributed by atoms with Gasteiger partial charge in [-0.1, -0.05) is 30.4 Å². The minimum absolute atomic E-state index is 0.0403. The molecule has 0 aliphatic heterocycles. The number of aromatic nitrogens is 6. The van der Waals surface area contributed by atoms with Gasteiger partial charge in [0.1, 0.15) is 28.2 Å². The number of nitrogens with zero attached hydrogens (tertiary/aromatic N) is 7. The summed E-state index contributed by atoms with van der Waals surface area (Å²) in [6.45, 7) is 7.95. The summed E-state index contributed by atoms with van der Waals surface area (Å²) in [5.41, 5.74) is 14.4. The summed E-state index contributed by atoms with van der Waals surface area (Å²) in [5.74, 6) is -1.34. The third-order valence-corrected chi connectivity index (χ3v) is 9.85. The van der Waals surface area contributed by atoms with Crippen molar-refractivity contribution in [1.82, 2.24) is 28.9 Å². The number of benzene rings is 2. The first-order valence-electron chi connectivity index (χ1n) is 18.0. The van der Waals surface area contributed by atoms with Crippen LogP contribution in [-0.4, -0.2) is 77.9 Å². The van der Waals surface area contributed by atoms with Crippen LogP contribution in [0.15, 0.2) is 51.9 Å². The van der Waals surface area contributed by atoms with Crippen molar-refractivity contribution in [2.24, 2.45) is 16.5 Å². The van der Waals surface area contributed by atoms with Crippen molar-refractivity contribution < 1.29 is 38.2 Å². The highest BCUT2D eigenvalue weighted by Gasteiger charge is 2.24. The molecule has 0 saturated heterocycles. The van der Waals surface area contributed by atoms with Gasteiger partial charge in [0.25, 0.3) is 11.8 Å². The number of hydrogen-bond donors (Lipinski definition) is 4. The van der Waals surface area contributed by atoms with Crippen LogP contribution >= 0.6 is 11.3 Å². The highest BCUT2D eigenvalue weighted by Crippen LogP contribution is 2.32. The second-order valence-electron chi connectivity index (χ2n) is 12.8. The number of carbonyl (C=O) groups excluding carboxylic acids is 4. The summed E-state index contributed by atoms with van der Waals surface area (Å²) in [7, 11) is 1.47. The zero-order valence-electron chi connectivity index (χ0n) is 32.0. The number of aliphatic hydroxyl groups excluding tert-OH is 1. The van der Waals surface area contributed by atoms with Crippen molar-refractivity contribution in [3.8, 4) is 11.5 Å². The molecule has 0 atom stereocenters. The Morgan fingerprint density at radius 2 is 1.67 bits per heavy atom. The number of anilines is 1. The summed E-state index contributed by atoms with van der Waals surface area (Å²) < 4.78 is 23.0. The van der Waals surface area contributed by atoms with Gasteiger partial charge in [0.05, 0.1) is 35.3 Å². The first kappa shape index (κ1) is 40.1. The standard InChI is InChI=1S/C38H42N10O8S/c1-6-24-32(56-21(4)41-24)36(53)43-37-42-25-16-22(33(39)50)18-28(55-14-10-13-49)30(25)46(37)11-8-9-12-47-31-27(54-5)17-23(34(40)51)19-29(31)57-38(47)44-35(52)26-15-20(3)45-48(26)7-2/h8-9,15-19,49H,6-7,10-14H2,1-5H3,(H2,39,50)(H2,40,51)(H,42,43,53)/b9-8+,44-38?. The molecule has 0 saturated carbocycles. The predicted molar refractivity (Wildman–Crippen MR) is 211 cm³/mol. The van der Waals surface area contributed by atoms with Crippen LogP contribution in [-0.2, 0) is 26.1 Å². The molecular weight excluding hydrogens is 757 g/mol. The van der Waals surface area contributed by atoms with Gasteiger partial charge in [-0.15, -0.1) is 0 Å². The molecule has 298 valence electrons. The quantitative estimate of drug-likeness (QED) is 0.0813. The summed E-state index contributed by atoms with van der Waals surface area (Å²) in [5, 5.41) is 16.6. The molecule has 0 bridgehead atoms. The number of nitrogens with one attached hydrogen (secondary N) is 1. The van der Waals surface area contributed by atoms with Crippen molar-refractivity contribution in [2.75, 3.05) is 25.6 Å². The van der Waals surface area contributed by atoms with E-state index >= 15 is 0 Å². The maximum absolute atomic E-state index is 13.6. The van der Waals surface area contributed by atoms with Crippen molar-refractivity contribution in [3.63, 3.8) is 0 Å². The van der Waals surface area contributed by atoms with Gasteiger partial charge in [-0.25, -0.2) is 9.97 Å². The number of nitrogens with two attached hydrogens (primary N) is 2. The van der Waals surface area contributed by atoms with E-state index in [1.807, 2.05) is 26.0 Å². The molecule has 0 spiro atoms. The molecule has 19 heteroatoms. The number of methoxy groups -OCH3 is 1. The van der Waals surface area contributed by atoms with E-state index in [1.54, 1.807) is 39.8 Å². The molecule has 6 N–H and O–H groups in total. The predicted octanol–water partition coefficient (Wildman–Crippen LogP) is 3.65. The molecule has 6 rings (SSSR count). The molecule has 0 fully saturated rings. The molecule has 4 amide bonds. The molecule has 2 aromatic carbocycles. The zero-order valence-corrected chi connectivity index (χ0v) is 32.8. The van der Waals surface area contributed by atoms with Crippen LogP contribution in [0.4, 0.5) is 5.95 Å². The van der Waals surface area contributed by atoms with Crippen molar-refractivity contribution in [1.29, 1.82) is 0 Å². The first-order valence-corrected chi connectivity index (χ1v) is 18.8. The van der Waals surface area contributed by atoms with E-state index in [1.165, 1.54) is 36.6 Å². The number of hydrogen-bond acceptors (Lipinski definition) is 12. The number of rotatable bonds is 16. The Balaban J connectivity index is 1.44. The van der Waals surface area contributed by atoms with E-state index in [4.69, 9.17) is 25.4 Å². The normalized spacial score (nSPS) is 11.9. The number of amides is 4. The molecule has 0 radical (unpaired) electrons. The topological polar surface area (TPSA) is 250 Å². The van der Waals surface area contributed by atoms with Crippen LogP contribution in [0.2, 0.25) is 0 Å². The number of ether oxygens (including phenoxy) is 2. The number of carbonyl (C=O) groups is 4. The lowest BCUT2D eigenvalue weighted by molar-refractivity contribution is 0.0981. The van der Waals surface area contributed by atoms with Gasteiger partial charge in [0.2, 0.25) is 23.5 Å². The summed E-state index contributed by atoms with van der Waals surface area (Å²) in [6, 6.07) is 7.82. The minimum atomic E-state index is -0.707. The largest absolute Gasteiger partial charge is 0.494 e. The van der Waals surface area contributed by atoms with Gasteiger partial charge >= 0.3 is 0 Å². The number of aliphatic hydroxyl groups is 1. The molecule has 57 heavy (non-hydrogen) atoms. The third kappa shape index (κ3) is 8.33. The summed E-state index contributed by atoms with van der Waals surface area (Å²) in [6.07, 6.45) is 4.41. The van der Waals surface area contributed by atoms with Gasteiger partial charge in [0, 0.05) is 50.7 Å². The molecule has 4 aromatic heterocycles. The van der Waals surface area contributed by atoms with Gasteiger partial charge in [-0.2, -0.15) is 10.1 Å². The van der Waals surface area contributed by atoms with E-state index in [9.17, 15) is 24.3 Å². The van der Waals surface area contributed by atoms with E-state index in [0.717, 1.165) is 0 Å². The highest BCUT2D eigenvalue weighted by molar-refractivity contribution is 7.16. The van der Waals surface area contributed by atoms with Crippen LogP contribution in [0.3, 0.4) is 0 Å². The van der Waals surface area contributed by atoms with Gasteiger partial charge in [-0.05, 0) is 50.6 Å². The second-order valence-corrected chi connectivity index (χ2v) is 13.8. The van der Waals surface area contributed by atoms with Gasteiger partial charge in [0.15, 0.2) is 10.7 Å². The number of imidazole rings is 1. The SMILES string of the molecule is CCc1nc(C)oc1C(=O)Nc1nc2cc(C(N)=O)cc(OCCCO)c2n1C/C=C/Cn1c(=NC(=O)c2cc(C)nn2CC)sc2cc(C(N)=O)cc(OC)c21. The van der Waals surface area contributed by atoms with Crippen molar-refractivity contribution in [3.05, 3.63) is 87.1 Å². The Morgan fingerprint density at radius 1 is 0.965 bits per heavy atom. The molecule has 18 nitrogen and oxygen atoms in total. The number of oxazole rings is 1. The Labute approximate surface area is 329 Å². The summed E-state index contributed by atoms with van der Waals surface area (Å²) in [4.78, 5) is 65.4. The maximum atomic E-state index is 13.6. The van der Waals surface area contributed by atoms with Crippen LogP contribution < -0.4 is 31.1 Å². The average Bonchev–Trinajstić information content (AvgIpc) is 3.95. The molecule has 6 aromatic rings. The Hall–Kier alpha value is -6.60. The molecule has 0 aliphatic rings. The maximum Gasteiger partial charge on any atom is 0.297 e. The Bertz CT molecular complexity index is 2630. The average molecular weight is 799 g/mol. The number of fused-ring (bicyclic) bond motifs is 2. The van der Waals surface area contributed by atoms with E-state index in [0.29, 0.717) is 74.2 Å². The molecule has 0 unspecified atom stereocenters. The Kier molecular flexibility index (Phi) is 12.0. The monoisotopic (exact) mass is 798 g/mol. The van der Waals surface area contributed by atoms with E-state index < -0.39 is 23.6 Å². The Morgan fingerprint density at radius 3 is 2.33 bits per heavy atom. The number of thiazole rings is 1. The van der Waals surface area contributed by atoms with Crippen LogP contribution in [0.25, 0.3) is 21.3 Å². The number of allylic oxidation sites excluding steroid dienone is 2. The van der Waals surface area contributed by atoms with Crippen LogP contribution in [0.1, 0.15) is 79.3 Å². The van der Waals surface area contributed by atoms with Crippen molar-refractivity contribution in [2.45, 2.75) is 60.2 Å². The van der Waals surface area contributed by atoms with Crippen LogP contribution in [0.5, 0.6) is 11.5 Å². The first-order chi connectivity index (χ1) is 27.4. The number of primary amides is 2. The summed E-state index contributed by atoms with van der Waals surface area (Å²) >= 11 is 1.19. The van der Waals surface area contributed by atoms with Crippen molar-refractivity contribution >= 4 is 62.2 Å². The fourth-order valence-electron chi connectivity index (χ4n) is 6.24. The third-order valence-electron chi connectivity index (χ3n) is 8.83. The van der Waals surface area contributed by atoms with E-state index in [2.05, 4.69) is 25.4 Å². The second kappa shape index (κ2) is 17.0. The molecular formula is C38H42N10O8S. The van der Waals surface area contributed by atoms with Gasteiger partial charge < -0.3 is 39.6 Å². The van der Waals surface area contributed by atoms with E-state index in [-0.39, 0.29) is 54.9 Å². The van der Waals surface area contributed by atoms with Gasteiger partial charge in [-0.3, -0.25) is 29.2 Å². The lowest BCUT2D eigenvalue weighted by Crippen LogP contribution is -2.18. The number of aryl methyl sites for hydroxylation is 4. The lowest BCUT2D eigenvalue weighted by Gasteiger charge is -2.12.